The van der Waals surface area contributed by atoms with Crippen molar-refractivity contribution in [1.29, 1.82) is 10.5 Å². The molecule has 76 valence electrons. The molecule has 0 N–H and O–H groups in total. The van der Waals surface area contributed by atoms with Gasteiger partial charge >= 0.3 is 0 Å². The second-order valence-electron chi connectivity index (χ2n) is 3.40. The molecule has 3 nitrogen and oxygen atoms in total. The van der Waals surface area contributed by atoms with Crippen LogP contribution in [0.2, 0.25) is 0 Å². The van der Waals surface area contributed by atoms with Crippen LogP contribution in [0.5, 0.6) is 0 Å². The molecule has 0 saturated carbocycles. The number of nitrogens with zero attached hydrogens (tertiary/aromatic N) is 2. The summed E-state index contributed by atoms with van der Waals surface area (Å²) in [6.45, 7) is 5.51. The van der Waals surface area contributed by atoms with Crippen molar-refractivity contribution in [3.05, 3.63) is 39.1 Å². The van der Waals surface area contributed by atoms with Gasteiger partial charge in [0.1, 0.15) is 17.7 Å². The van der Waals surface area contributed by atoms with E-state index in [9.17, 15) is 4.79 Å². The summed E-state index contributed by atoms with van der Waals surface area (Å²) in [7, 11) is 0. The van der Waals surface area contributed by atoms with E-state index >= 15 is 0 Å². The number of hydrogen-bond donors (Lipinski definition) is 0. The first-order chi connectivity index (χ1) is 7.61. The first-order valence-corrected chi connectivity index (χ1v) is 5.36. The van der Waals surface area contributed by atoms with E-state index in [2.05, 4.69) is 6.58 Å². The Labute approximate surface area is 96.6 Å². The predicted octanol–water partition coefficient (Wildman–Crippen LogP) is 2.61. The summed E-state index contributed by atoms with van der Waals surface area (Å²) < 4.78 is 0. The molecular weight excluding hydrogens is 220 g/mol. The first-order valence-electron chi connectivity index (χ1n) is 4.48. The summed E-state index contributed by atoms with van der Waals surface area (Å²) in [5, 5.41) is 19.6. The van der Waals surface area contributed by atoms with Gasteiger partial charge in [0.05, 0.1) is 4.88 Å². The van der Waals surface area contributed by atoms with E-state index in [1.807, 2.05) is 24.4 Å². The zero-order valence-electron chi connectivity index (χ0n) is 8.50. The van der Waals surface area contributed by atoms with Crippen LogP contribution in [0, 0.1) is 29.6 Å². The summed E-state index contributed by atoms with van der Waals surface area (Å²) in [5.74, 6) is -0.175. The third kappa shape index (κ3) is 1.14. The SMILES string of the molecule is C=C1C(=O)c2scc(C)c2C1=C(C#N)C#N. The van der Waals surface area contributed by atoms with Gasteiger partial charge in [-0.2, -0.15) is 10.5 Å². The first kappa shape index (κ1) is 10.4. The van der Waals surface area contributed by atoms with Crippen molar-refractivity contribution >= 4 is 22.7 Å². The highest BCUT2D eigenvalue weighted by Gasteiger charge is 2.33. The minimum atomic E-state index is -0.175. The zero-order valence-corrected chi connectivity index (χ0v) is 9.31. The van der Waals surface area contributed by atoms with Gasteiger partial charge in [0, 0.05) is 16.7 Å². The number of rotatable bonds is 0. The fraction of sp³-hybridized carbons (Fsp3) is 0.0833. The number of aryl methyl sites for hydroxylation is 1. The molecule has 0 fully saturated rings. The molecule has 0 radical (unpaired) electrons. The summed E-state index contributed by atoms with van der Waals surface area (Å²) in [4.78, 5) is 12.4. The van der Waals surface area contributed by atoms with E-state index in [4.69, 9.17) is 10.5 Å². The fourth-order valence-corrected chi connectivity index (χ4v) is 2.76. The summed E-state index contributed by atoms with van der Waals surface area (Å²) in [6.07, 6.45) is 0. The quantitative estimate of drug-likeness (QED) is 0.504. The maximum absolute atomic E-state index is 11.8. The number of allylic oxidation sites excluding steroid dienone is 3. The molecular formula is C12H6N2OS. The summed E-state index contributed by atoms with van der Waals surface area (Å²) in [6, 6.07) is 3.63. The van der Waals surface area contributed by atoms with E-state index in [1.165, 1.54) is 11.3 Å². The van der Waals surface area contributed by atoms with E-state index in [0.29, 0.717) is 16.0 Å². The summed E-state index contributed by atoms with van der Waals surface area (Å²) in [5.41, 5.74) is 2.23. The number of ketones is 1. The van der Waals surface area contributed by atoms with E-state index < -0.39 is 0 Å². The van der Waals surface area contributed by atoms with E-state index in [0.717, 1.165) is 5.56 Å². The molecule has 0 aliphatic heterocycles. The van der Waals surface area contributed by atoms with Gasteiger partial charge in [-0.25, -0.2) is 0 Å². The molecule has 1 aromatic heterocycles. The molecule has 1 aliphatic rings. The third-order valence-electron chi connectivity index (χ3n) is 2.48. The van der Waals surface area contributed by atoms with Crippen LogP contribution in [0.15, 0.2) is 23.1 Å². The fourth-order valence-electron chi connectivity index (χ4n) is 1.74. The Morgan fingerprint density at radius 3 is 2.62 bits per heavy atom. The van der Waals surface area contributed by atoms with Gasteiger partial charge < -0.3 is 0 Å². The summed E-state index contributed by atoms with van der Waals surface area (Å²) >= 11 is 1.33. The number of Topliss-reactive ketones (excluding diaryl/α,β-unsaturated/α-hetero) is 1. The minimum absolute atomic E-state index is 0.0430. The smallest absolute Gasteiger partial charge is 0.203 e. The van der Waals surface area contributed by atoms with Crippen molar-refractivity contribution in [2.75, 3.05) is 0 Å². The highest BCUT2D eigenvalue weighted by molar-refractivity contribution is 7.13. The molecule has 0 spiro atoms. The second kappa shape index (κ2) is 3.44. The van der Waals surface area contributed by atoms with Crippen LogP contribution < -0.4 is 0 Å². The van der Waals surface area contributed by atoms with Crippen molar-refractivity contribution in [1.82, 2.24) is 0 Å². The van der Waals surface area contributed by atoms with Crippen LogP contribution in [0.1, 0.15) is 20.8 Å². The van der Waals surface area contributed by atoms with Gasteiger partial charge in [-0.1, -0.05) is 6.58 Å². The van der Waals surface area contributed by atoms with Crippen molar-refractivity contribution in [3.63, 3.8) is 0 Å². The van der Waals surface area contributed by atoms with Crippen LogP contribution in [0.3, 0.4) is 0 Å². The number of nitriles is 2. The zero-order chi connectivity index (χ0) is 11.9. The Morgan fingerprint density at radius 1 is 1.44 bits per heavy atom. The van der Waals surface area contributed by atoms with Crippen molar-refractivity contribution in [2.45, 2.75) is 6.92 Å². The lowest BCUT2D eigenvalue weighted by atomic mass is 9.99. The number of hydrogen-bond acceptors (Lipinski definition) is 4. The molecule has 1 heterocycles. The predicted molar refractivity (Wildman–Crippen MR) is 60.7 cm³/mol. The molecule has 0 atom stereocenters. The van der Waals surface area contributed by atoms with Crippen LogP contribution >= 0.6 is 11.3 Å². The maximum Gasteiger partial charge on any atom is 0.203 e. The molecule has 1 aromatic rings. The standard InChI is InChI=1S/C12H6N2OS/c1-6-5-16-12-9(6)10(7(2)11(12)15)8(3-13)4-14/h5H,2H2,1H3. The molecule has 0 amide bonds. The van der Waals surface area contributed by atoms with Gasteiger partial charge in [-0.15, -0.1) is 11.3 Å². The van der Waals surface area contributed by atoms with E-state index in [1.54, 1.807) is 0 Å². The number of fused-ring (bicyclic) bond motifs is 1. The molecule has 0 aromatic carbocycles. The van der Waals surface area contributed by atoms with Gasteiger partial charge in [-0.05, 0) is 17.9 Å². The molecule has 16 heavy (non-hydrogen) atoms. The largest absolute Gasteiger partial charge is 0.288 e. The highest BCUT2D eigenvalue weighted by atomic mass is 32.1. The van der Waals surface area contributed by atoms with Crippen molar-refractivity contribution in [3.8, 4) is 12.1 Å². The molecule has 4 heteroatoms. The molecule has 0 bridgehead atoms. The minimum Gasteiger partial charge on any atom is -0.288 e. The van der Waals surface area contributed by atoms with Crippen molar-refractivity contribution < 1.29 is 4.79 Å². The average Bonchev–Trinajstić information content (AvgIpc) is 2.75. The van der Waals surface area contributed by atoms with Crippen LogP contribution in [-0.2, 0) is 0 Å². The molecule has 0 unspecified atom stereocenters. The van der Waals surface area contributed by atoms with Gasteiger partial charge in [0.2, 0.25) is 5.78 Å². The Balaban J connectivity index is 2.87. The lowest BCUT2D eigenvalue weighted by Gasteiger charge is -1.99. The molecule has 2 rings (SSSR count). The number of carbonyl (C=O) groups is 1. The lowest BCUT2D eigenvalue weighted by molar-refractivity contribution is 0.104. The number of carbonyl (C=O) groups excluding carboxylic acids is 1. The molecule has 0 saturated heterocycles. The van der Waals surface area contributed by atoms with Gasteiger partial charge in [0.15, 0.2) is 0 Å². The Kier molecular flexibility index (Phi) is 2.23. The Morgan fingerprint density at radius 2 is 2.06 bits per heavy atom. The van der Waals surface area contributed by atoms with Crippen LogP contribution in [0.4, 0.5) is 0 Å². The lowest BCUT2D eigenvalue weighted by Crippen LogP contribution is -1.92. The molecule has 1 aliphatic carbocycles. The van der Waals surface area contributed by atoms with Crippen LogP contribution in [-0.4, -0.2) is 5.78 Å². The topological polar surface area (TPSA) is 64.7 Å². The van der Waals surface area contributed by atoms with Crippen molar-refractivity contribution in [2.24, 2.45) is 0 Å². The monoisotopic (exact) mass is 226 g/mol. The van der Waals surface area contributed by atoms with E-state index in [-0.39, 0.29) is 16.9 Å². The van der Waals surface area contributed by atoms with Gasteiger partial charge in [0.25, 0.3) is 0 Å². The second-order valence-corrected chi connectivity index (χ2v) is 4.28. The Hall–Kier alpha value is -2.17. The van der Waals surface area contributed by atoms with Gasteiger partial charge in [-0.3, -0.25) is 4.79 Å². The Bertz CT molecular complexity index is 619. The maximum atomic E-state index is 11.8. The normalized spacial score (nSPS) is 13.3. The average molecular weight is 226 g/mol. The highest BCUT2D eigenvalue weighted by Crippen LogP contribution is 2.42. The number of thiophene rings is 1. The van der Waals surface area contributed by atoms with Crippen LogP contribution in [0.25, 0.3) is 5.57 Å². The third-order valence-corrected chi connectivity index (χ3v) is 3.58.